The minimum Gasteiger partial charge on any atom is -0.399 e. The summed E-state index contributed by atoms with van der Waals surface area (Å²) < 4.78 is 25.9. The van der Waals surface area contributed by atoms with Crippen LogP contribution in [0.15, 0.2) is 27.5 Å². The summed E-state index contributed by atoms with van der Waals surface area (Å²) in [6.07, 6.45) is 1.14. The van der Waals surface area contributed by atoms with E-state index >= 15 is 0 Å². The van der Waals surface area contributed by atoms with Gasteiger partial charge in [0.05, 0.1) is 5.69 Å². The van der Waals surface area contributed by atoms with Gasteiger partial charge in [-0.25, -0.2) is 0 Å². The lowest BCUT2D eigenvalue weighted by molar-refractivity contribution is 0.598. The van der Waals surface area contributed by atoms with Gasteiger partial charge >= 0.3 is 0 Å². The van der Waals surface area contributed by atoms with Crippen LogP contribution in [-0.2, 0) is 10.0 Å². The number of rotatable bonds is 0. The third kappa shape index (κ3) is 1.25. The fraction of sp³-hybridized carbons (Fsp3) is 0. The molecule has 3 N–H and O–H groups in total. The second-order valence-corrected chi connectivity index (χ2v) is 4.21. The summed E-state index contributed by atoms with van der Waals surface area (Å²) in [6, 6.07) is 4.51. The Kier molecular flexibility index (Phi) is 1.53. The van der Waals surface area contributed by atoms with E-state index in [0.717, 1.165) is 6.34 Å². The highest BCUT2D eigenvalue weighted by molar-refractivity contribution is 7.90. The molecule has 1 aliphatic heterocycles. The maximum absolute atomic E-state index is 11.3. The lowest BCUT2D eigenvalue weighted by atomic mass is 10.3. The van der Waals surface area contributed by atoms with Crippen molar-refractivity contribution in [1.82, 2.24) is 0 Å². The highest BCUT2D eigenvalue weighted by Crippen LogP contribution is 2.27. The molecule has 0 bridgehead atoms. The molecule has 6 heteroatoms. The molecule has 2 rings (SSSR count). The maximum atomic E-state index is 11.3. The third-order valence-electron chi connectivity index (χ3n) is 1.69. The summed E-state index contributed by atoms with van der Waals surface area (Å²) in [5.41, 5.74) is 6.47. The zero-order valence-electron chi connectivity index (χ0n) is 6.56. The van der Waals surface area contributed by atoms with Crippen molar-refractivity contribution < 1.29 is 8.42 Å². The number of sulfonamides is 1. The molecule has 0 atom stereocenters. The number of fused-ring (bicyclic) bond motifs is 1. The molecule has 13 heavy (non-hydrogen) atoms. The van der Waals surface area contributed by atoms with E-state index in [2.05, 4.69) is 9.71 Å². The first-order valence-electron chi connectivity index (χ1n) is 3.54. The maximum Gasteiger partial charge on any atom is 0.285 e. The highest BCUT2D eigenvalue weighted by Gasteiger charge is 2.19. The van der Waals surface area contributed by atoms with Gasteiger partial charge in [0, 0.05) is 5.69 Å². The van der Waals surface area contributed by atoms with Crippen molar-refractivity contribution in [3.05, 3.63) is 18.2 Å². The van der Waals surface area contributed by atoms with Crippen LogP contribution in [0, 0.1) is 0 Å². The van der Waals surface area contributed by atoms with E-state index in [4.69, 9.17) is 5.73 Å². The Labute approximate surface area is 75.3 Å². The third-order valence-corrected chi connectivity index (χ3v) is 2.99. The molecule has 0 aromatic heterocycles. The van der Waals surface area contributed by atoms with Gasteiger partial charge < -0.3 is 11.1 Å². The van der Waals surface area contributed by atoms with Gasteiger partial charge in [-0.1, -0.05) is 0 Å². The van der Waals surface area contributed by atoms with Gasteiger partial charge in [0.1, 0.15) is 11.2 Å². The number of nitrogen functional groups attached to an aromatic ring is 1. The summed E-state index contributed by atoms with van der Waals surface area (Å²) >= 11 is 0. The van der Waals surface area contributed by atoms with Gasteiger partial charge in [0.25, 0.3) is 10.0 Å². The molecule has 5 nitrogen and oxygen atoms in total. The fourth-order valence-corrected chi connectivity index (χ4v) is 2.05. The van der Waals surface area contributed by atoms with Crippen LogP contribution in [-0.4, -0.2) is 14.8 Å². The van der Waals surface area contributed by atoms with Crippen LogP contribution < -0.4 is 11.1 Å². The Balaban J connectivity index is 2.72. The summed E-state index contributed by atoms with van der Waals surface area (Å²) in [5.74, 6) is 0. The van der Waals surface area contributed by atoms with E-state index in [9.17, 15) is 8.42 Å². The second-order valence-electron chi connectivity index (χ2n) is 2.61. The van der Waals surface area contributed by atoms with Crippen molar-refractivity contribution >= 4 is 27.7 Å². The van der Waals surface area contributed by atoms with Crippen molar-refractivity contribution in [1.29, 1.82) is 0 Å². The van der Waals surface area contributed by atoms with Crippen molar-refractivity contribution in [2.45, 2.75) is 4.90 Å². The molecule has 0 radical (unpaired) electrons. The minimum atomic E-state index is -3.51. The van der Waals surface area contributed by atoms with Crippen molar-refractivity contribution in [3.8, 4) is 0 Å². The SMILES string of the molecule is Nc1ccc2c(c1)NC=NS2(=O)=O. The van der Waals surface area contributed by atoms with E-state index in [1.54, 1.807) is 6.07 Å². The summed E-state index contributed by atoms with van der Waals surface area (Å²) in [5, 5.41) is 2.71. The largest absolute Gasteiger partial charge is 0.399 e. The predicted molar refractivity (Wildman–Crippen MR) is 50.2 cm³/mol. The van der Waals surface area contributed by atoms with E-state index in [0.29, 0.717) is 11.4 Å². The molecule has 0 amide bonds. The second kappa shape index (κ2) is 2.46. The normalized spacial score (nSPS) is 17.5. The molecule has 0 saturated carbocycles. The van der Waals surface area contributed by atoms with Crippen molar-refractivity contribution in [3.63, 3.8) is 0 Å². The number of nitrogens with zero attached hydrogens (tertiary/aromatic N) is 1. The number of anilines is 2. The molecular weight excluding hydrogens is 190 g/mol. The number of nitrogens with one attached hydrogen (secondary N) is 1. The predicted octanol–water partition coefficient (Wildman–Crippen LogP) is 0.411. The first-order chi connectivity index (χ1) is 6.09. The van der Waals surface area contributed by atoms with Gasteiger partial charge in [-0.3, -0.25) is 0 Å². The van der Waals surface area contributed by atoms with Crippen LogP contribution in [0.3, 0.4) is 0 Å². The molecule has 1 aliphatic rings. The Hall–Kier alpha value is -1.56. The summed E-state index contributed by atoms with van der Waals surface area (Å²) in [7, 11) is -3.51. The molecule has 0 aliphatic carbocycles. The number of benzene rings is 1. The van der Waals surface area contributed by atoms with Gasteiger partial charge in [0.15, 0.2) is 0 Å². The number of nitrogens with two attached hydrogens (primary N) is 1. The Bertz CT molecular complexity index is 479. The lowest BCUT2D eigenvalue weighted by Gasteiger charge is -2.11. The topological polar surface area (TPSA) is 84.5 Å². The molecule has 68 valence electrons. The van der Waals surface area contributed by atoms with E-state index in [1.165, 1.54) is 12.1 Å². The minimum absolute atomic E-state index is 0.157. The number of hydrogen-bond donors (Lipinski definition) is 2. The zero-order chi connectivity index (χ0) is 9.47. The van der Waals surface area contributed by atoms with Crippen LogP contribution in [0.2, 0.25) is 0 Å². The standard InChI is InChI=1S/C7H7N3O2S/c8-5-1-2-7-6(3-5)9-4-10-13(7,11)12/h1-4H,8H2,(H,9,10). The average molecular weight is 197 g/mol. The number of hydrogen-bond acceptors (Lipinski definition) is 4. The van der Waals surface area contributed by atoms with Crippen LogP contribution in [0.5, 0.6) is 0 Å². The van der Waals surface area contributed by atoms with Gasteiger partial charge in [-0.05, 0) is 18.2 Å². The van der Waals surface area contributed by atoms with E-state index < -0.39 is 10.0 Å². The zero-order valence-corrected chi connectivity index (χ0v) is 7.38. The van der Waals surface area contributed by atoms with Crippen LogP contribution in [0.4, 0.5) is 11.4 Å². The molecule has 1 heterocycles. The first kappa shape index (κ1) is 8.06. The van der Waals surface area contributed by atoms with E-state index in [1.807, 2.05) is 0 Å². The first-order valence-corrected chi connectivity index (χ1v) is 4.98. The Morgan fingerprint density at radius 3 is 2.92 bits per heavy atom. The molecular formula is C7H7N3O2S. The van der Waals surface area contributed by atoms with Gasteiger partial charge in [-0.15, -0.1) is 4.40 Å². The quantitative estimate of drug-likeness (QED) is 0.590. The molecule has 0 unspecified atom stereocenters. The molecule has 1 aromatic carbocycles. The monoisotopic (exact) mass is 197 g/mol. The molecule has 0 saturated heterocycles. The van der Waals surface area contributed by atoms with Crippen LogP contribution in [0.25, 0.3) is 0 Å². The van der Waals surface area contributed by atoms with Gasteiger partial charge in [-0.2, -0.15) is 8.42 Å². The van der Waals surface area contributed by atoms with Crippen molar-refractivity contribution in [2.75, 3.05) is 11.1 Å². The lowest BCUT2D eigenvalue weighted by Crippen LogP contribution is -2.11. The Morgan fingerprint density at radius 2 is 2.15 bits per heavy atom. The highest BCUT2D eigenvalue weighted by atomic mass is 32.2. The van der Waals surface area contributed by atoms with Crippen molar-refractivity contribution in [2.24, 2.45) is 4.40 Å². The van der Waals surface area contributed by atoms with Crippen LogP contribution >= 0.6 is 0 Å². The van der Waals surface area contributed by atoms with Crippen LogP contribution in [0.1, 0.15) is 0 Å². The van der Waals surface area contributed by atoms with E-state index in [-0.39, 0.29) is 4.90 Å². The average Bonchev–Trinajstić information content (AvgIpc) is 2.02. The Morgan fingerprint density at radius 1 is 1.38 bits per heavy atom. The molecule has 0 spiro atoms. The molecule has 1 aromatic rings. The summed E-state index contributed by atoms with van der Waals surface area (Å²) in [6.45, 7) is 0. The van der Waals surface area contributed by atoms with Gasteiger partial charge in [0.2, 0.25) is 0 Å². The summed E-state index contributed by atoms with van der Waals surface area (Å²) in [4.78, 5) is 0.157. The fourth-order valence-electron chi connectivity index (χ4n) is 1.11. The molecule has 0 fully saturated rings. The smallest absolute Gasteiger partial charge is 0.285 e.